The number of rotatable bonds is 9. The predicted molar refractivity (Wildman–Crippen MR) is 72.8 cm³/mol. The molecule has 94 valence electrons. The molecule has 0 radical (unpaired) electrons. The molecular formula is C13H26N2S. The van der Waals surface area contributed by atoms with Gasteiger partial charge in [0.1, 0.15) is 0 Å². The van der Waals surface area contributed by atoms with Crippen LogP contribution >= 0.6 is 11.8 Å². The van der Waals surface area contributed by atoms with E-state index in [1.165, 1.54) is 44.4 Å². The summed E-state index contributed by atoms with van der Waals surface area (Å²) in [5.41, 5.74) is 5.81. The highest BCUT2D eigenvalue weighted by Gasteiger charge is 2.41. The van der Waals surface area contributed by atoms with E-state index in [0.29, 0.717) is 6.04 Å². The summed E-state index contributed by atoms with van der Waals surface area (Å²) in [6.07, 6.45) is 9.34. The number of hydrogen-bond acceptors (Lipinski definition) is 3. The summed E-state index contributed by atoms with van der Waals surface area (Å²) in [6, 6.07) is 0.549. The van der Waals surface area contributed by atoms with E-state index >= 15 is 0 Å². The third-order valence-corrected chi connectivity index (χ3v) is 4.70. The van der Waals surface area contributed by atoms with Crippen LogP contribution in [0.25, 0.3) is 0 Å². The van der Waals surface area contributed by atoms with Crippen LogP contribution in [-0.4, -0.2) is 31.1 Å². The Morgan fingerprint density at radius 2 is 1.88 bits per heavy atom. The summed E-state index contributed by atoms with van der Waals surface area (Å²) >= 11 is 1.92. The molecular weight excluding hydrogens is 216 g/mol. The molecule has 16 heavy (non-hydrogen) atoms. The van der Waals surface area contributed by atoms with Crippen LogP contribution in [0.5, 0.6) is 0 Å². The highest BCUT2D eigenvalue weighted by atomic mass is 32.2. The number of nitrogens with one attached hydrogen (secondary N) is 1. The smallest absolute Gasteiger partial charge is 0.0198 e. The Morgan fingerprint density at radius 1 is 1.25 bits per heavy atom. The van der Waals surface area contributed by atoms with E-state index in [-0.39, 0.29) is 0 Å². The molecule has 0 spiro atoms. The minimum atomic E-state index is 0.549. The van der Waals surface area contributed by atoms with Crippen LogP contribution in [0.15, 0.2) is 0 Å². The molecule has 2 aliphatic carbocycles. The maximum atomic E-state index is 5.81. The van der Waals surface area contributed by atoms with Crippen molar-refractivity contribution in [1.82, 2.24) is 5.32 Å². The molecule has 3 N–H and O–H groups in total. The summed E-state index contributed by atoms with van der Waals surface area (Å²) in [7, 11) is 0. The van der Waals surface area contributed by atoms with Gasteiger partial charge in [0.05, 0.1) is 0 Å². The van der Waals surface area contributed by atoms with Crippen molar-refractivity contribution in [2.45, 2.75) is 38.1 Å². The fourth-order valence-corrected chi connectivity index (χ4v) is 3.15. The molecule has 1 atom stereocenters. The predicted octanol–water partition coefficient (Wildman–Crippen LogP) is 2.09. The van der Waals surface area contributed by atoms with Crippen molar-refractivity contribution in [3.05, 3.63) is 0 Å². The topological polar surface area (TPSA) is 38.0 Å². The van der Waals surface area contributed by atoms with Crippen molar-refractivity contribution in [2.24, 2.45) is 23.5 Å². The second-order valence-corrected chi connectivity index (χ2v) is 6.45. The quantitative estimate of drug-likeness (QED) is 0.650. The Balaban J connectivity index is 1.66. The van der Waals surface area contributed by atoms with Gasteiger partial charge >= 0.3 is 0 Å². The lowest BCUT2D eigenvalue weighted by Gasteiger charge is -2.21. The van der Waals surface area contributed by atoms with E-state index in [4.69, 9.17) is 5.73 Å². The van der Waals surface area contributed by atoms with Crippen LogP contribution in [0.4, 0.5) is 0 Å². The maximum Gasteiger partial charge on any atom is 0.0198 e. The number of hydrogen-bond donors (Lipinski definition) is 2. The minimum Gasteiger partial charge on any atom is -0.329 e. The Bertz CT molecular complexity index is 190. The van der Waals surface area contributed by atoms with Crippen molar-refractivity contribution in [3.8, 4) is 0 Å². The van der Waals surface area contributed by atoms with Gasteiger partial charge in [-0.1, -0.05) is 0 Å². The van der Waals surface area contributed by atoms with Crippen LogP contribution in [0.3, 0.4) is 0 Å². The van der Waals surface area contributed by atoms with E-state index < -0.39 is 0 Å². The largest absolute Gasteiger partial charge is 0.329 e. The molecule has 0 bridgehead atoms. The highest BCUT2D eigenvalue weighted by molar-refractivity contribution is 7.98. The minimum absolute atomic E-state index is 0.549. The van der Waals surface area contributed by atoms with Crippen molar-refractivity contribution >= 4 is 11.8 Å². The zero-order chi connectivity index (χ0) is 11.4. The third-order valence-electron chi connectivity index (χ3n) is 4.05. The fourth-order valence-electron chi connectivity index (χ4n) is 2.63. The summed E-state index contributed by atoms with van der Waals surface area (Å²) < 4.78 is 0. The Kier molecular flexibility index (Phi) is 4.98. The molecule has 2 saturated carbocycles. The van der Waals surface area contributed by atoms with Gasteiger partial charge in [-0.3, -0.25) is 0 Å². The Hall–Kier alpha value is 0.270. The first-order valence-corrected chi connectivity index (χ1v) is 8.17. The van der Waals surface area contributed by atoms with Gasteiger partial charge in [-0.05, 0) is 68.4 Å². The van der Waals surface area contributed by atoms with E-state index in [2.05, 4.69) is 11.6 Å². The molecule has 0 aliphatic heterocycles. The van der Waals surface area contributed by atoms with Gasteiger partial charge in [-0.15, -0.1) is 0 Å². The molecule has 0 saturated heterocycles. The van der Waals surface area contributed by atoms with E-state index in [1.807, 2.05) is 11.8 Å². The van der Waals surface area contributed by atoms with Crippen LogP contribution in [0.2, 0.25) is 0 Å². The molecule has 2 fully saturated rings. The summed E-state index contributed by atoms with van der Waals surface area (Å²) in [4.78, 5) is 0. The van der Waals surface area contributed by atoms with Gasteiger partial charge in [-0.2, -0.15) is 11.8 Å². The fraction of sp³-hybridized carbons (Fsp3) is 1.00. The molecule has 3 heteroatoms. The molecule has 0 aromatic heterocycles. The van der Waals surface area contributed by atoms with E-state index in [9.17, 15) is 0 Å². The zero-order valence-electron chi connectivity index (χ0n) is 10.5. The third kappa shape index (κ3) is 3.94. The van der Waals surface area contributed by atoms with Gasteiger partial charge in [-0.25, -0.2) is 0 Å². The van der Waals surface area contributed by atoms with Crippen LogP contribution < -0.4 is 11.1 Å². The van der Waals surface area contributed by atoms with Crippen LogP contribution in [-0.2, 0) is 0 Å². The van der Waals surface area contributed by atoms with E-state index in [0.717, 1.165) is 24.3 Å². The van der Waals surface area contributed by atoms with Crippen molar-refractivity contribution in [3.63, 3.8) is 0 Å². The van der Waals surface area contributed by atoms with Gasteiger partial charge in [0, 0.05) is 12.6 Å². The summed E-state index contributed by atoms with van der Waals surface area (Å²) in [6.45, 7) is 2.02. The van der Waals surface area contributed by atoms with E-state index in [1.54, 1.807) is 0 Å². The number of thioether (sulfide) groups is 1. The summed E-state index contributed by atoms with van der Waals surface area (Å²) in [5, 5.41) is 3.71. The second-order valence-electron chi connectivity index (χ2n) is 5.46. The first kappa shape index (κ1) is 12.7. The average Bonchev–Trinajstić information content (AvgIpc) is 3.16. The zero-order valence-corrected chi connectivity index (χ0v) is 11.3. The van der Waals surface area contributed by atoms with Gasteiger partial charge in [0.15, 0.2) is 0 Å². The molecule has 0 heterocycles. The molecule has 1 unspecified atom stereocenters. The van der Waals surface area contributed by atoms with Gasteiger partial charge in [0.2, 0.25) is 0 Å². The monoisotopic (exact) mass is 242 g/mol. The highest BCUT2D eigenvalue weighted by Crippen LogP contribution is 2.48. The Morgan fingerprint density at radius 3 is 2.31 bits per heavy atom. The van der Waals surface area contributed by atoms with Crippen LogP contribution in [0.1, 0.15) is 32.1 Å². The SMILES string of the molecule is CSCCC(CN)NCC(C1CC1)C1CC1. The first-order valence-electron chi connectivity index (χ1n) is 6.77. The molecule has 2 nitrogen and oxygen atoms in total. The first-order chi connectivity index (χ1) is 7.85. The molecule has 0 aromatic rings. The number of nitrogens with two attached hydrogens (primary N) is 1. The lowest BCUT2D eigenvalue weighted by molar-refractivity contribution is 0.353. The average molecular weight is 242 g/mol. The van der Waals surface area contributed by atoms with Crippen molar-refractivity contribution < 1.29 is 0 Å². The standard InChI is InChI=1S/C13H26N2S/c1-16-7-6-12(8-14)15-9-13(10-2-3-10)11-4-5-11/h10-13,15H,2-9,14H2,1H3. The summed E-state index contributed by atoms with van der Waals surface area (Å²) in [5.74, 6) is 4.31. The molecule has 0 aromatic carbocycles. The maximum absolute atomic E-state index is 5.81. The Labute approximate surface area is 104 Å². The second kappa shape index (κ2) is 6.27. The van der Waals surface area contributed by atoms with Crippen molar-refractivity contribution in [2.75, 3.05) is 25.1 Å². The lowest BCUT2D eigenvalue weighted by atomic mass is 9.97. The molecule has 2 rings (SSSR count). The normalized spacial score (nSPS) is 22.7. The lowest BCUT2D eigenvalue weighted by Crippen LogP contribution is -2.40. The van der Waals surface area contributed by atoms with Gasteiger partial charge < -0.3 is 11.1 Å². The van der Waals surface area contributed by atoms with Crippen LogP contribution in [0, 0.1) is 17.8 Å². The molecule has 2 aliphatic rings. The molecule has 0 amide bonds. The van der Waals surface area contributed by atoms with Crippen molar-refractivity contribution in [1.29, 1.82) is 0 Å². The van der Waals surface area contributed by atoms with Gasteiger partial charge in [0.25, 0.3) is 0 Å².